The number of rotatable bonds is 4. The summed E-state index contributed by atoms with van der Waals surface area (Å²) in [7, 11) is 2.10. The lowest BCUT2D eigenvalue weighted by molar-refractivity contribution is 0.0634. The van der Waals surface area contributed by atoms with Gasteiger partial charge in [0, 0.05) is 43.8 Å². The first-order chi connectivity index (χ1) is 9.52. The van der Waals surface area contributed by atoms with Crippen LogP contribution in [0.2, 0.25) is 0 Å². The molecule has 1 fully saturated rings. The Morgan fingerprint density at radius 2 is 2.00 bits per heavy atom. The Morgan fingerprint density at radius 1 is 1.30 bits per heavy atom. The fourth-order valence-electron chi connectivity index (χ4n) is 2.98. The number of alkyl halides is 2. The van der Waals surface area contributed by atoms with Crippen molar-refractivity contribution in [1.29, 1.82) is 0 Å². The molecule has 2 unspecified atom stereocenters. The van der Waals surface area contributed by atoms with Crippen LogP contribution in [0, 0.1) is 0 Å². The summed E-state index contributed by atoms with van der Waals surface area (Å²) in [5.74, 6) is 0. The topological polar surface area (TPSA) is 32.5 Å². The van der Waals surface area contributed by atoms with Crippen molar-refractivity contribution >= 4 is 0 Å². The molecule has 0 aliphatic carbocycles. The Morgan fingerprint density at radius 3 is 2.60 bits per heavy atom. The third-order valence-electron chi connectivity index (χ3n) is 4.05. The molecule has 1 aliphatic rings. The van der Waals surface area contributed by atoms with Gasteiger partial charge in [-0.15, -0.1) is 0 Å². The molecule has 2 atom stereocenters. The van der Waals surface area contributed by atoms with Crippen LogP contribution < -0.4 is 5.73 Å². The minimum absolute atomic E-state index is 0.0115. The smallest absolute Gasteiger partial charge is 0.263 e. The predicted molar refractivity (Wildman–Crippen MR) is 76.9 cm³/mol. The Hall–Kier alpha value is -1.04. The predicted octanol–water partition coefficient (Wildman–Crippen LogP) is 2.26. The van der Waals surface area contributed by atoms with Crippen molar-refractivity contribution in [2.24, 2.45) is 5.73 Å². The summed E-state index contributed by atoms with van der Waals surface area (Å²) in [6, 6.07) is 7.03. The average molecular weight is 283 g/mol. The van der Waals surface area contributed by atoms with Crippen LogP contribution >= 0.6 is 0 Å². The van der Waals surface area contributed by atoms with E-state index in [4.69, 9.17) is 5.73 Å². The second-order valence-corrected chi connectivity index (χ2v) is 5.57. The molecule has 0 radical (unpaired) electrons. The third kappa shape index (κ3) is 3.34. The highest BCUT2D eigenvalue weighted by Gasteiger charge is 2.28. The summed E-state index contributed by atoms with van der Waals surface area (Å²) in [6.45, 7) is 5.48. The first-order valence-electron chi connectivity index (χ1n) is 7.05. The summed E-state index contributed by atoms with van der Waals surface area (Å²) in [5.41, 5.74) is 6.88. The van der Waals surface area contributed by atoms with Gasteiger partial charge in [0.2, 0.25) is 0 Å². The second-order valence-electron chi connectivity index (χ2n) is 5.57. The highest BCUT2D eigenvalue weighted by atomic mass is 19.3. The Bertz CT molecular complexity index is 439. The summed E-state index contributed by atoms with van der Waals surface area (Å²) in [5, 5.41) is 0. The van der Waals surface area contributed by atoms with Gasteiger partial charge in [-0.25, -0.2) is 8.78 Å². The van der Waals surface area contributed by atoms with E-state index < -0.39 is 6.43 Å². The van der Waals surface area contributed by atoms with Crippen molar-refractivity contribution in [2.75, 3.05) is 33.2 Å². The summed E-state index contributed by atoms with van der Waals surface area (Å²) in [4.78, 5) is 4.61. The molecule has 1 heterocycles. The Balaban J connectivity index is 2.21. The van der Waals surface area contributed by atoms with Gasteiger partial charge in [0.05, 0.1) is 0 Å². The molecule has 1 aromatic rings. The lowest BCUT2D eigenvalue weighted by Crippen LogP contribution is -2.52. The van der Waals surface area contributed by atoms with E-state index in [1.54, 1.807) is 12.1 Å². The molecule has 112 valence electrons. The summed E-state index contributed by atoms with van der Waals surface area (Å²) < 4.78 is 25.7. The van der Waals surface area contributed by atoms with Crippen molar-refractivity contribution in [3.05, 3.63) is 35.4 Å². The number of piperazine rings is 1. The largest absolute Gasteiger partial charge is 0.329 e. The van der Waals surface area contributed by atoms with E-state index in [1.807, 2.05) is 6.07 Å². The molecule has 0 bridgehead atoms. The third-order valence-corrected chi connectivity index (χ3v) is 4.05. The molecule has 0 aromatic heterocycles. The van der Waals surface area contributed by atoms with Gasteiger partial charge in [-0.1, -0.05) is 18.2 Å². The highest BCUT2D eigenvalue weighted by Crippen LogP contribution is 2.27. The second kappa shape index (κ2) is 6.61. The van der Waals surface area contributed by atoms with Crippen LogP contribution in [0.25, 0.3) is 0 Å². The maximum Gasteiger partial charge on any atom is 0.263 e. The molecule has 2 N–H and O–H groups in total. The average Bonchev–Trinajstić information content (AvgIpc) is 2.42. The lowest BCUT2D eigenvalue weighted by Gasteiger charge is -2.42. The van der Waals surface area contributed by atoms with Gasteiger partial charge in [-0.2, -0.15) is 0 Å². The monoisotopic (exact) mass is 283 g/mol. The SMILES string of the molecule is CC1CN(C)CCN1C(CN)c1cccc(C(F)F)c1. The lowest BCUT2D eigenvalue weighted by atomic mass is 10.00. The van der Waals surface area contributed by atoms with Crippen LogP contribution in [0.3, 0.4) is 0 Å². The van der Waals surface area contributed by atoms with E-state index in [0.29, 0.717) is 12.6 Å². The number of hydrogen-bond acceptors (Lipinski definition) is 3. The van der Waals surface area contributed by atoms with Gasteiger partial charge in [0.1, 0.15) is 0 Å². The molecule has 1 saturated heterocycles. The molecule has 0 spiro atoms. The van der Waals surface area contributed by atoms with E-state index in [1.165, 1.54) is 6.07 Å². The molecule has 1 aromatic carbocycles. The standard InChI is InChI=1S/C15H23F2N3/c1-11-10-19(2)6-7-20(11)14(9-18)12-4-3-5-13(8-12)15(16)17/h3-5,8,11,14-15H,6-7,9-10,18H2,1-2H3. The van der Waals surface area contributed by atoms with Crippen molar-refractivity contribution < 1.29 is 8.78 Å². The minimum Gasteiger partial charge on any atom is -0.329 e. The van der Waals surface area contributed by atoms with Crippen molar-refractivity contribution in [3.8, 4) is 0 Å². The van der Waals surface area contributed by atoms with Crippen molar-refractivity contribution in [3.63, 3.8) is 0 Å². The number of likely N-dealkylation sites (N-methyl/N-ethyl adjacent to an activating group) is 1. The fourth-order valence-corrected chi connectivity index (χ4v) is 2.98. The summed E-state index contributed by atoms with van der Waals surface area (Å²) >= 11 is 0. The Labute approximate surface area is 119 Å². The van der Waals surface area contributed by atoms with E-state index in [9.17, 15) is 8.78 Å². The van der Waals surface area contributed by atoms with Crippen LogP contribution in [-0.2, 0) is 0 Å². The van der Waals surface area contributed by atoms with Gasteiger partial charge in [0.25, 0.3) is 6.43 Å². The van der Waals surface area contributed by atoms with Gasteiger partial charge >= 0.3 is 0 Å². The zero-order valence-corrected chi connectivity index (χ0v) is 12.1. The summed E-state index contributed by atoms with van der Waals surface area (Å²) in [6.07, 6.45) is -2.43. The molecular formula is C15H23F2N3. The zero-order valence-electron chi connectivity index (χ0n) is 12.1. The van der Waals surface area contributed by atoms with Crippen LogP contribution in [0.1, 0.15) is 30.5 Å². The number of nitrogens with two attached hydrogens (primary N) is 1. The number of hydrogen-bond donors (Lipinski definition) is 1. The molecular weight excluding hydrogens is 260 g/mol. The molecule has 20 heavy (non-hydrogen) atoms. The number of halogens is 2. The highest BCUT2D eigenvalue weighted by molar-refractivity contribution is 5.27. The van der Waals surface area contributed by atoms with Gasteiger partial charge in [-0.3, -0.25) is 4.90 Å². The maximum absolute atomic E-state index is 12.8. The molecule has 0 saturated carbocycles. The van der Waals surface area contributed by atoms with Gasteiger partial charge < -0.3 is 10.6 Å². The number of benzene rings is 1. The van der Waals surface area contributed by atoms with E-state index in [-0.39, 0.29) is 11.6 Å². The fraction of sp³-hybridized carbons (Fsp3) is 0.600. The van der Waals surface area contributed by atoms with Gasteiger partial charge in [-0.05, 0) is 25.6 Å². The number of nitrogens with zero attached hydrogens (tertiary/aromatic N) is 2. The molecule has 0 amide bonds. The maximum atomic E-state index is 12.8. The van der Waals surface area contributed by atoms with Crippen LogP contribution in [-0.4, -0.2) is 49.1 Å². The molecule has 5 heteroatoms. The Kier molecular flexibility index (Phi) is 5.07. The van der Waals surface area contributed by atoms with Crippen molar-refractivity contribution in [2.45, 2.75) is 25.4 Å². The quantitative estimate of drug-likeness (QED) is 0.920. The van der Waals surface area contributed by atoms with Crippen molar-refractivity contribution in [1.82, 2.24) is 9.80 Å². The van der Waals surface area contributed by atoms with Crippen LogP contribution in [0.15, 0.2) is 24.3 Å². The normalized spacial score (nSPS) is 23.2. The van der Waals surface area contributed by atoms with E-state index >= 15 is 0 Å². The van der Waals surface area contributed by atoms with E-state index in [0.717, 1.165) is 25.2 Å². The van der Waals surface area contributed by atoms with E-state index in [2.05, 4.69) is 23.8 Å². The van der Waals surface area contributed by atoms with Gasteiger partial charge in [0.15, 0.2) is 0 Å². The molecule has 3 nitrogen and oxygen atoms in total. The first kappa shape index (κ1) is 15.4. The van der Waals surface area contributed by atoms with Crippen LogP contribution in [0.5, 0.6) is 0 Å². The minimum atomic E-state index is -2.43. The van der Waals surface area contributed by atoms with Crippen LogP contribution in [0.4, 0.5) is 8.78 Å². The molecule has 1 aliphatic heterocycles. The molecule has 2 rings (SSSR count). The zero-order chi connectivity index (χ0) is 14.7. The first-order valence-corrected chi connectivity index (χ1v) is 7.05.